The predicted octanol–water partition coefficient (Wildman–Crippen LogP) is 1.93. The standard InChI is InChI=1S/C17H16O7/c1-6-12(20)11-14(15(23-4)13(6)21)24-9-5-8(19)10(7(2)18)16(22)17(9,11)3/h5,19-21H,1-4H3. The fourth-order valence-electron chi connectivity index (χ4n) is 3.19. The lowest BCUT2D eigenvalue weighted by atomic mass is 9.71. The number of hydrogen-bond acceptors (Lipinski definition) is 7. The Labute approximate surface area is 137 Å². The first-order valence-electron chi connectivity index (χ1n) is 7.18. The number of benzene rings is 1. The van der Waals surface area contributed by atoms with Crippen molar-refractivity contribution in [2.24, 2.45) is 0 Å². The largest absolute Gasteiger partial charge is 0.507 e. The van der Waals surface area contributed by atoms with Crippen LogP contribution in [0.4, 0.5) is 0 Å². The Morgan fingerprint density at radius 2 is 1.88 bits per heavy atom. The molecule has 0 saturated heterocycles. The summed E-state index contributed by atoms with van der Waals surface area (Å²) in [5, 5.41) is 30.6. The van der Waals surface area contributed by atoms with Gasteiger partial charge in [0.2, 0.25) is 5.75 Å². The Morgan fingerprint density at radius 3 is 2.42 bits per heavy atom. The van der Waals surface area contributed by atoms with E-state index in [0.717, 1.165) is 0 Å². The van der Waals surface area contributed by atoms with E-state index >= 15 is 0 Å². The molecule has 1 unspecified atom stereocenters. The van der Waals surface area contributed by atoms with Crippen LogP contribution in [0.25, 0.3) is 0 Å². The predicted molar refractivity (Wildman–Crippen MR) is 82.5 cm³/mol. The van der Waals surface area contributed by atoms with E-state index in [-0.39, 0.29) is 45.5 Å². The van der Waals surface area contributed by atoms with Gasteiger partial charge < -0.3 is 24.8 Å². The van der Waals surface area contributed by atoms with Gasteiger partial charge in [-0.25, -0.2) is 0 Å². The van der Waals surface area contributed by atoms with Gasteiger partial charge in [0, 0.05) is 11.6 Å². The minimum Gasteiger partial charge on any atom is -0.507 e. The summed E-state index contributed by atoms with van der Waals surface area (Å²) in [4.78, 5) is 24.7. The highest BCUT2D eigenvalue weighted by Crippen LogP contribution is 2.60. The lowest BCUT2D eigenvalue weighted by Crippen LogP contribution is -2.38. The molecule has 7 nitrogen and oxygen atoms in total. The molecule has 0 spiro atoms. The van der Waals surface area contributed by atoms with Crippen molar-refractivity contribution >= 4 is 11.6 Å². The molecule has 1 heterocycles. The molecule has 24 heavy (non-hydrogen) atoms. The van der Waals surface area contributed by atoms with E-state index < -0.39 is 22.7 Å². The van der Waals surface area contributed by atoms with Crippen LogP contribution in [-0.2, 0) is 15.0 Å². The lowest BCUT2D eigenvalue weighted by molar-refractivity contribution is -0.123. The third kappa shape index (κ3) is 1.66. The van der Waals surface area contributed by atoms with Crippen LogP contribution < -0.4 is 9.47 Å². The van der Waals surface area contributed by atoms with Gasteiger partial charge in [-0.3, -0.25) is 9.59 Å². The summed E-state index contributed by atoms with van der Waals surface area (Å²) in [6.45, 7) is 4.12. The van der Waals surface area contributed by atoms with Gasteiger partial charge in [-0.15, -0.1) is 0 Å². The minimum absolute atomic E-state index is 0.0159. The van der Waals surface area contributed by atoms with Crippen LogP contribution in [-0.4, -0.2) is 34.0 Å². The number of methoxy groups -OCH3 is 1. The molecule has 2 aliphatic rings. The number of aromatic hydroxyl groups is 2. The summed E-state index contributed by atoms with van der Waals surface area (Å²) in [6, 6.07) is 0. The Balaban J connectivity index is 2.38. The van der Waals surface area contributed by atoms with Gasteiger partial charge >= 0.3 is 0 Å². The Bertz CT molecular complexity index is 876. The Hall–Kier alpha value is -2.96. The van der Waals surface area contributed by atoms with Crippen molar-refractivity contribution in [2.75, 3.05) is 7.11 Å². The number of Topliss-reactive ketones (excluding diaryl/α,β-unsaturated/α-hetero) is 2. The van der Waals surface area contributed by atoms with Crippen molar-refractivity contribution in [3.8, 4) is 23.0 Å². The number of rotatable bonds is 2. The monoisotopic (exact) mass is 332 g/mol. The summed E-state index contributed by atoms with van der Waals surface area (Å²) in [6.07, 6.45) is 1.17. The van der Waals surface area contributed by atoms with Crippen molar-refractivity contribution in [1.82, 2.24) is 0 Å². The first-order valence-corrected chi connectivity index (χ1v) is 7.18. The van der Waals surface area contributed by atoms with E-state index in [9.17, 15) is 24.9 Å². The van der Waals surface area contributed by atoms with Crippen molar-refractivity contribution in [2.45, 2.75) is 26.2 Å². The molecule has 1 aromatic carbocycles. The first-order chi connectivity index (χ1) is 11.2. The van der Waals surface area contributed by atoms with Crippen molar-refractivity contribution in [3.05, 3.63) is 34.3 Å². The number of phenols is 2. The van der Waals surface area contributed by atoms with E-state index in [0.29, 0.717) is 0 Å². The number of aliphatic hydroxyl groups excluding tert-OH is 1. The van der Waals surface area contributed by atoms with E-state index in [1.807, 2.05) is 0 Å². The van der Waals surface area contributed by atoms with Gasteiger partial charge in [0.15, 0.2) is 23.1 Å². The number of carbonyl (C=O) groups excluding carboxylic acids is 2. The highest BCUT2D eigenvalue weighted by atomic mass is 16.5. The van der Waals surface area contributed by atoms with Crippen LogP contribution in [0.5, 0.6) is 23.0 Å². The molecular weight excluding hydrogens is 316 g/mol. The van der Waals surface area contributed by atoms with E-state index in [4.69, 9.17) is 9.47 Å². The SMILES string of the molecule is COc1c(O)c(C)c(O)c2c1OC1=CC(O)=C(C(C)=O)C(=O)C12C. The summed E-state index contributed by atoms with van der Waals surface area (Å²) >= 11 is 0. The van der Waals surface area contributed by atoms with E-state index in [1.165, 1.54) is 34.0 Å². The van der Waals surface area contributed by atoms with Crippen molar-refractivity contribution in [3.63, 3.8) is 0 Å². The van der Waals surface area contributed by atoms with Gasteiger partial charge in [-0.1, -0.05) is 0 Å². The van der Waals surface area contributed by atoms with Crippen molar-refractivity contribution < 1.29 is 34.4 Å². The molecule has 0 saturated carbocycles. The number of phenolic OH excluding ortho intramolecular Hbond substituents is 2. The van der Waals surface area contributed by atoms with Gasteiger partial charge in [-0.05, 0) is 20.8 Å². The van der Waals surface area contributed by atoms with Gasteiger partial charge in [0.25, 0.3) is 0 Å². The Kier molecular flexibility index (Phi) is 3.16. The topological polar surface area (TPSA) is 113 Å². The highest BCUT2D eigenvalue weighted by molar-refractivity contribution is 6.25. The number of ether oxygens (including phenoxy) is 2. The molecule has 1 aliphatic carbocycles. The first kappa shape index (κ1) is 15.9. The van der Waals surface area contributed by atoms with Gasteiger partial charge in [0.1, 0.15) is 28.3 Å². The van der Waals surface area contributed by atoms with Crippen LogP contribution in [0.3, 0.4) is 0 Å². The normalized spacial score (nSPS) is 21.8. The summed E-state index contributed by atoms with van der Waals surface area (Å²) in [7, 11) is 1.31. The number of carbonyl (C=O) groups is 2. The average molecular weight is 332 g/mol. The maximum absolute atomic E-state index is 12.9. The van der Waals surface area contributed by atoms with E-state index in [1.54, 1.807) is 0 Å². The van der Waals surface area contributed by atoms with Crippen molar-refractivity contribution in [1.29, 1.82) is 0 Å². The maximum atomic E-state index is 12.9. The van der Waals surface area contributed by atoms with Crippen LogP contribution in [0, 0.1) is 6.92 Å². The van der Waals surface area contributed by atoms with Gasteiger partial charge in [-0.2, -0.15) is 0 Å². The van der Waals surface area contributed by atoms with E-state index in [2.05, 4.69) is 0 Å². The Morgan fingerprint density at radius 1 is 1.25 bits per heavy atom. The summed E-state index contributed by atoms with van der Waals surface area (Å²) < 4.78 is 10.8. The number of ketones is 2. The molecule has 0 amide bonds. The molecule has 0 radical (unpaired) electrons. The second kappa shape index (κ2) is 4.77. The molecule has 1 aliphatic heterocycles. The average Bonchev–Trinajstić information content (AvgIpc) is 2.79. The van der Waals surface area contributed by atoms with Crippen LogP contribution in [0.15, 0.2) is 23.2 Å². The quantitative estimate of drug-likeness (QED) is 0.709. The zero-order chi connectivity index (χ0) is 18.0. The van der Waals surface area contributed by atoms with Gasteiger partial charge in [0.05, 0.1) is 12.7 Å². The molecule has 0 fully saturated rings. The molecule has 1 aromatic rings. The molecule has 0 bridgehead atoms. The van der Waals surface area contributed by atoms with Crippen LogP contribution in [0.1, 0.15) is 25.0 Å². The molecular formula is C17H16O7. The second-order valence-corrected chi connectivity index (χ2v) is 5.94. The fraction of sp³-hybridized carbons (Fsp3) is 0.294. The number of allylic oxidation sites excluding steroid dienone is 3. The van der Waals surface area contributed by atoms with Crippen LogP contribution in [0.2, 0.25) is 0 Å². The molecule has 0 aromatic heterocycles. The number of hydrogen-bond donors (Lipinski definition) is 3. The zero-order valence-corrected chi connectivity index (χ0v) is 13.6. The molecule has 1 atom stereocenters. The highest BCUT2D eigenvalue weighted by Gasteiger charge is 2.55. The summed E-state index contributed by atoms with van der Waals surface area (Å²) in [5.41, 5.74) is -1.65. The number of fused-ring (bicyclic) bond motifs is 3. The summed E-state index contributed by atoms with van der Waals surface area (Å²) in [5.74, 6) is -2.42. The maximum Gasteiger partial charge on any atom is 0.204 e. The molecule has 7 heteroatoms. The van der Waals surface area contributed by atoms with Crippen LogP contribution >= 0.6 is 0 Å². The third-order valence-electron chi connectivity index (χ3n) is 4.56. The molecule has 126 valence electrons. The lowest BCUT2D eigenvalue weighted by Gasteiger charge is -2.27. The smallest absolute Gasteiger partial charge is 0.204 e. The minimum atomic E-state index is -1.50. The fourth-order valence-corrected chi connectivity index (χ4v) is 3.19. The second-order valence-electron chi connectivity index (χ2n) is 5.94. The zero-order valence-electron chi connectivity index (χ0n) is 13.6. The molecule has 3 rings (SSSR count). The molecule has 3 N–H and O–H groups in total. The number of aliphatic hydroxyl groups is 1. The third-order valence-corrected chi connectivity index (χ3v) is 4.56.